The third-order valence-electron chi connectivity index (χ3n) is 17.8. The van der Waals surface area contributed by atoms with Crippen molar-refractivity contribution in [3.05, 3.63) is 70.8 Å². The molecule has 0 aromatic heterocycles. The van der Waals surface area contributed by atoms with Crippen molar-refractivity contribution >= 4 is 17.3 Å². The van der Waals surface area contributed by atoms with Gasteiger partial charge >= 0.3 is 0 Å². The van der Waals surface area contributed by atoms with Gasteiger partial charge in [-0.05, 0) is 147 Å². The average molecular weight is 809 g/mol. The van der Waals surface area contributed by atoms with E-state index >= 15 is 0 Å². The van der Waals surface area contributed by atoms with E-state index in [-0.39, 0.29) is 69.4 Å². The standard InChI is InChI=1S/C51H72N2O6/c1-9-13-32(24-40(56)46-51(8,59-46)37-19-12-18-35(37)30-14-10-16-33(52)22-30)43-38-20-21-42-48(5)25-36(31-15-11-17-34(55)23-31)45(58)47(3,4)44(48)39(53-28-29(2)54)26-50(42,7)49(38,6)27-41(43)57/h10-11,14-17,22-23,29,32,35-37,39-40,42,44,46,53-56H,9,12-13,18-21,24-28,52H2,1-8H3/t29-,32+,35+,36-,37+,39-,40+,42-,44-,46-,48+,49-,50-,51+/m0/s1. The molecule has 8 heteroatoms. The number of benzene rings is 2. The van der Waals surface area contributed by atoms with Gasteiger partial charge in [-0.25, -0.2) is 0 Å². The van der Waals surface area contributed by atoms with E-state index in [0.29, 0.717) is 37.6 Å². The van der Waals surface area contributed by atoms with Crippen LogP contribution in [0.4, 0.5) is 5.69 Å². The van der Waals surface area contributed by atoms with Gasteiger partial charge in [0.05, 0.1) is 17.8 Å². The van der Waals surface area contributed by atoms with Crippen LogP contribution in [0, 0.1) is 45.3 Å². The molecule has 2 aromatic carbocycles. The highest BCUT2D eigenvalue weighted by molar-refractivity contribution is 6.00. The predicted molar refractivity (Wildman–Crippen MR) is 233 cm³/mol. The zero-order valence-electron chi connectivity index (χ0n) is 37.0. The minimum absolute atomic E-state index is 0.0214. The zero-order chi connectivity index (χ0) is 42.4. The summed E-state index contributed by atoms with van der Waals surface area (Å²) in [6.07, 6.45) is 7.83. The Balaban J connectivity index is 1.11. The Hall–Kier alpha value is -3.04. The maximum absolute atomic E-state index is 14.8. The number of phenolic OH excluding ortho intramolecular Hbond substituents is 1. The lowest BCUT2D eigenvalue weighted by molar-refractivity contribution is -0.193. The molecule has 8 rings (SSSR count). The molecule has 0 unspecified atom stereocenters. The molecule has 4 saturated carbocycles. The number of ketones is 2. The van der Waals surface area contributed by atoms with Gasteiger partial charge in [0.25, 0.3) is 0 Å². The van der Waals surface area contributed by atoms with Crippen molar-refractivity contribution in [2.45, 2.75) is 168 Å². The van der Waals surface area contributed by atoms with Crippen molar-refractivity contribution < 1.29 is 29.6 Å². The third kappa shape index (κ3) is 6.76. The molecule has 59 heavy (non-hydrogen) atoms. The quantitative estimate of drug-likeness (QED) is 0.106. The highest BCUT2D eigenvalue weighted by Gasteiger charge is 2.71. The molecule has 0 radical (unpaired) electrons. The summed E-state index contributed by atoms with van der Waals surface area (Å²) in [5.74, 6) is 1.16. The molecule has 1 aliphatic heterocycles. The summed E-state index contributed by atoms with van der Waals surface area (Å²) in [6, 6.07) is 15.5. The number of aromatic hydroxyl groups is 1. The number of phenols is 1. The molecule has 0 bridgehead atoms. The van der Waals surface area contributed by atoms with Crippen LogP contribution < -0.4 is 11.1 Å². The van der Waals surface area contributed by atoms with Gasteiger partial charge < -0.3 is 31.1 Å². The number of allylic oxidation sites excluding steroid dienone is 2. The minimum atomic E-state index is -0.668. The van der Waals surface area contributed by atoms with Crippen molar-refractivity contribution in [1.29, 1.82) is 0 Å². The minimum Gasteiger partial charge on any atom is -0.508 e. The van der Waals surface area contributed by atoms with Gasteiger partial charge in [0, 0.05) is 41.4 Å². The number of fused-ring (bicyclic) bond motifs is 5. The van der Waals surface area contributed by atoms with E-state index in [4.69, 9.17) is 10.5 Å². The lowest BCUT2D eigenvalue weighted by Gasteiger charge is -2.70. The number of Topliss-reactive ketones (excluding diaryl/α,β-unsaturated/α-hetero) is 2. The van der Waals surface area contributed by atoms with Crippen LogP contribution in [0.3, 0.4) is 0 Å². The number of aliphatic hydroxyl groups is 2. The van der Waals surface area contributed by atoms with Crippen LogP contribution in [0.15, 0.2) is 59.7 Å². The predicted octanol–water partition coefficient (Wildman–Crippen LogP) is 9.02. The highest BCUT2D eigenvalue weighted by Crippen LogP contribution is 2.75. The maximum Gasteiger partial charge on any atom is 0.160 e. The number of hydrogen-bond donors (Lipinski definition) is 5. The van der Waals surface area contributed by atoms with Crippen molar-refractivity contribution in [1.82, 2.24) is 5.32 Å². The summed E-state index contributed by atoms with van der Waals surface area (Å²) in [5, 5.41) is 37.0. The molecule has 6 N–H and O–H groups in total. The number of aliphatic hydroxyl groups excluding tert-OH is 2. The first kappa shape index (κ1) is 42.6. The van der Waals surface area contributed by atoms with Crippen molar-refractivity contribution in [2.75, 3.05) is 12.3 Å². The molecular weight excluding hydrogens is 737 g/mol. The van der Waals surface area contributed by atoms with E-state index in [0.717, 1.165) is 68.2 Å². The fraction of sp³-hybridized carbons (Fsp3) is 0.686. The Kier molecular flexibility index (Phi) is 10.9. The van der Waals surface area contributed by atoms with Crippen LogP contribution in [0.1, 0.15) is 149 Å². The monoisotopic (exact) mass is 809 g/mol. The summed E-state index contributed by atoms with van der Waals surface area (Å²) in [4.78, 5) is 29.4. The van der Waals surface area contributed by atoms with E-state index in [9.17, 15) is 24.9 Å². The van der Waals surface area contributed by atoms with Crippen LogP contribution in [0.2, 0.25) is 0 Å². The van der Waals surface area contributed by atoms with Gasteiger partial charge in [-0.1, -0.05) is 84.2 Å². The first-order valence-electron chi connectivity index (χ1n) is 23.0. The van der Waals surface area contributed by atoms with Gasteiger partial charge in [-0.15, -0.1) is 0 Å². The SMILES string of the molecule is CCC[C@H](C[C@@H](O)[C@@H]1O[C@]1(C)[C@@H]1CCC[C@@H]1c1cccc(N)c1)C1=C2CC[C@H]3[C@@]4(C)C[C@@H](c5cccc(O)c5)C(=O)C(C)(C)[C@@H]4[C@@H](NC[C@H](C)O)C[C@]3(C)[C@@]2(C)CC1=O. The number of hydrogen-bond acceptors (Lipinski definition) is 8. The summed E-state index contributed by atoms with van der Waals surface area (Å²) in [5.41, 5.74) is 9.40. The first-order valence-corrected chi connectivity index (χ1v) is 23.0. The molecule has 0 amide bonds. The smallest absolute Gasteiger partial charge is 0.160 e. The normalized spacial score (nSPS) is 40.3. The van der Waals surface area contributed by atoms with Crippen LogP contribution in [-0.4, -0.2) is 63.4 Å². The van der Waals surface area contributed by atoms with Crippen LogP contribution in [0.25, 0.3) is 0 Å². The van der Waals surface area contributed by atoms with E-state index in [2.05, 4.69) is 65.9 Å². The van der Waals surface area contributed by atoms with Gasteiger partial charge in [-0.2, -0.15) is 0 Å². The number of nitrogen functional groups attached to an aromatic ring is 1. The molecular formula is C51H72N2O6. The molecule has 0 spiro atoms. The van der Waals surface area contributed by atoms with E-state index in [1.165, 1.54) is 11.1 Å². The number of carbonyl (C=O) groups is 2. The summed E-state index contributed by atoms with van der Waals surface area (Å²) in [6.45, 7) is 18.1. The fourth-order valence-corrected chi connectivity index (χ4v) is 15.3. The van der Waals surface area contributed by atoms with Crippen molar-refractivity contribution in [3.8, 4) is 5.75 Å². The van der Waals surface area contributed by atoms with Gasteiger partial charge in [0.2, 0.25) is 0 Å². The van der Waals surface area contributed by atoms with Crippen molar-refractivity contribution in [2.24, 2.45) is 45.3 Å². The second kappa shape index (κ2) is 15.1. The number of anilines is 1. The van der Waals surface area contributed by atoms with Crippen molar-refractivity contribution in [3.63, 3.8) is 0 Å². The molecule has 5 aliphatic carbocycles. The number of nitrogens with two attached hydrogens (primary N) is 1. The first-order chi connectivity index (χ1) is 27.8. The number of ether oxygens (including phenoxy) is 1. The molecule has 1 heterocycles. The van der Waals surface area contributed by atoms with E-state index in [1.807, 2.05) is 31.2 Å². The molecule has 322 valence electrons. The topological polar surface area (TPSA) is 145 Å². The Morgan fingerprint density at radius 3 is 2.37 bits per heavy atom. The fourth-order valence-electron chi connectivity index (χ4n) is 15.3. The number of rotatable bonds is 12. The molecule has 5 fully saturated rings. The lowest BCUT2D eigenvalue weighted by Crippen LogP contribution is -2.69. The number of epoxide rings is 1. The van der Waals surface area contributed by atoms with Crippen LogP contribution >= 0.6 is 0 Å². The lowest BCUT2D eigenvalue weighted by atomic mass is 9.34. The maximum atomic E-state index is 14.8. The molecule has 8 nitrogen and oxygen atoms in total. The zero-order valence-corrected chi connectivity index (χ0v) is 37.0. The van der Waals surface area contributed by atoms with Crippen LogP contribution in [-0.2, 0) is 14.3 Å². The average Bonchev–Trinajstić information content (AvgIpc) is 3.47. The van der Waals surface area contributed by atoms with E-state index < -0.39 is 23.2 Å². The van der Waals surface area contributed by atoms with Crippen LogP contribution in [0.5, 0.6) is 5.75 Å². The summed E-state index contributed by atoms with van der Waals surface area (Å²) in [7, 11) is 0. The third-order valence-corrected chi connectivity index (χ3v) is 17.8. The Morgan fingerprint density at radius 2 is 1.68 bits per heavy atom. The number of nitrogens with one attached hydrogen (secondary N) is 1. The Bertz CT molecular complexity index is 1990. The van der Waals surface area contributed by atoms with Gasteiger partial charge in [-0.3, -0.25) is 9.59 Å². The largest absolute Gasteiger partial charge is 0.508 e. The van der Waals surface area contributed by atoms with Gasteiger partial charge in [0.1, 0.15) is 17.6 Å². The number of carbonyl (C=O) groups excluding carboxylic acids is 2. The summed E-state index contributed by atoms with van der Waals surface area (Å²) >= 11 is 0. The Morgan fingerprint density at radius 1 is 0.949 bits per heavy atom. The molecule has 6 aliphatic rings. The second-order valence-corrected chi connectivity index (χ2v) is 21.6. The Labute approximate surface area is 353 Å². The molecule has 2 aromatic rings. The van der Waals surface area contributed by atoms with E-state index in [1.54, 1.807) is 12.1 Å². The van der Waals surface area contributed by atoms with Gasteiger partial charge in [0.15, 0.2) is 5.78 Å². The summed E-state index contributed by atoms with van der Waals surface area (Å²) < 4.78 is 6.55. The molecule has 1 saturated heterocycles. The highest BCUT2D eigenvalue weighted by atomic mass is 16.6. The molecule has 14 atom stereocenters. The second-order valence-electron chi connectivity index (χ2n) is 21.6.